The standard InChI is InChI=1S/C13H13Cl2NOS/c14-12-4-3-10(8-13(12)15)17-6-5-16-9-11-2-1-7-18-11/h1-4,7-8,16H,5-6,9H2. The summed E-state index contributed by atoms with van der Waals surface area (Å²) in [6.07, 6.45) is 0. The Morgan fingerprint density at radius 2 is 2.06 bits per heavy atom. The highest BCUT2D eigenvalue weighted by molar-refractivity contribution is 7.09. The molecule has 0 saturated heterocycles. The molecule has 96 valence electrons. The number of ether oxygens (including phenoxy) is 1. The van der Waals surface area contributed by atoms with Crippen molar-refractivity contribution in [3.05, 3.63) is 50.6 Å². The van der Waals surface area contributed by atoms with E-state index in [-0.39, 0.29) is 0 Å². The van der Waals surface area contributed by atoms with Crippen LogP contribution in [0.25, 0.3) is 0 Å². The molecule has 0 unspecified atom stereocenters. The quantitative estimate of drug-likeness (QED) is 0.807. The van der Waals surface area contributed by atoms with Crippen molar-refractivity contribution in [1.29, 1.82) is 0 Å². The molecule has 1 N–H and O–H groups in total. The Balaban J connectivity index is 1.67. The van der Waals surface area contributed by atoms with Crippen LogP contribution in [0.4, 0.5) is 0 Å². The van der Waals surface area contributed by atoms with E-state index in [9.17, 15) is 0 Å². The fourth-order valence-corrected chi connectivity index (χ4v) is 2.39. The lowest BCUT2D eigenvalue weighted by molar-refractivity contribution is 0.314. The molecule has 0 aliphatic heterocycles. The van der Waals surface area contributed by atoms with Gasteiger partial charge in [-0.3, -0.25) is 0 Å². The van der Waals surface area contributed by atoms with Crippen molar-refractivity contribution in [2.75, 3.05) is 13.2 Å². The van der Waals surface area contributed by atoms with E-state index in [1.165, 1.54) is 4.88 Å². The van der Waals surface area contributed by atoms with E-state index in [0.717, 1.165) is 18.8 Å². The molecule has 1 aromatic carbocycles. The molecule has 0 aliphatic carbocycles. The molecule has 1 heterocycles. The molecule has 18 heavy (non-hydrogen) atoms. The maximum absolute atomic E-state index is 5.90. The van der Waals surface area contributed by atoms with Crippen molar-refractivity contribution in [3.63, 3.8) is 0 Å². The lowest BCUT2D eigenvalue weighted by Crippen LogP contribution is -2.20. The van der Waals surface area contributed by atoms with Crippen LogP contribution >= 0.6 is 34.5 Å². The summed E-state index contributed by atoms with van der Waals surface area (Å²) in [4.78, 5) is 1.32. The van der Waals surface area contributed by atoms with Crippen LogP contribution in [0.5, 0.6) is 5.75 Å². The van der Waals surface area contributed by atoms with Crippen LogP contribution in [0.2, 0.25) is 10.0 Å². The largest absolute Gasteiger partial charge is 0.492 e. The highest BCUT2D eigenvalue weighted by Crippen LogP contribution is 2.26. The van der Waals surface area contributed by atoms with Crippen molar-refractivity contribution < 1.29 is 4.74 Å². The summed E-state index contributed by atoms with van der Waals surface area (Å²) < 4.78 is 5.56. The van der Waals surface area contributed by atoms with Gasteiger partial charge in [0.2, 0.25) is 0 Å². The molecular weight excluding hydrogens is 289 g/mol. The van der Waals surface area contributed by atoms with E-state index in [1.807, 2.05) is 12.1 Å². The first kappa shape index (κ1) is 13.7. The number of thiophene rings is 1. The van der Waals surface area contributed by atoms with E-state index < -0.39 is 0 Å². The molecule has 0 aliphatic rings. The van der Waals surface area contributed by atoms with Crippen molar-refractivity contribution in [1.82, 2.24) is 5.32 Å². The highest BCUT2D eigenvalue weighted by Gasteiger charge is 2.00. The fraction of sp³-hybridized carbons (Fsp3) is 0.231. The summed E-state index contributed by atoms with van der Waals surface area (Å²) >= 11 is 13.5. The Hall–Kier alpha value is -0.740. The van der Waals surface area contributed by atoms with Crippen LogP contribution in [0.15, 0.2) is 35.7 Å². The molecule has 0 spiro atoms. The number of rotatable bonds is 6. The number of nitrogens with one attached hydrogen (secondary N) is 1. The van der Waals surface area contributed by atoms with Crippen LogP contribution in [0.3, 0.4) is 0 Å². The van der Waals surface area contributed by atoms with Crippen molar-refractivity contribution >= 4 is 34.5 Å². The monoisotopic (exact) mass is 301 g/mol. The summed E-state index contributed by atoms with van der Waals surface area (Å²) in [6.45, 7) is 2.27. The number of hydrogen-bond donors (Lipinski definition) is 1. The van der Waals surface area contributed by atoms with Crippen LogP contribution in [0, 0.1) is 0 Å². The number of hydrogen-bond acceptors (Lipinski definition) is 3. The lowest BCUT2D eigenvalue weighted by Gasteiger charge is -2.07. The third kappa shape index (κ3) is 4.18. The summed E-state index contributed by atoms with van der Waals surface area (Å²) in [6, 6.07) is 9.43. The highest BCUT2D eigenvalue weighted by atomic mass is 35.5. The smallest absolute Gasteiger partial charge is 0.120 e. The Labute approximate surface area is 120 Å². The van der Waals surface area contributed by atoms with Gasteiger partial charge < -0.3 is 10.1 Å². The van der Waals surface area contributed by atoms with Gasteiger partial charge in [-0.1, -0.05) is 29.3 Å². The number of benzene rings is 1. The van der Waals surface area contributed by atoms with Gasteiger partial charge in [-0.25, -0.2) is 0 Å². The maximum Gasteiger partial charge on any atom is 0.120 e. The first-order chi connectivity index (χ1) is 8.75. The molecule has 2 nitrogen and oxygen atoms in total. The van der Waals surface area contributed by atoms with Gasteiger partial charge in [0.1, 0.15) is 12.4 Å². The molecular formula is C13H13Cl2NOS. The zero-order chi connectivity index (χ0) is 12.8. The van der Waals surface area contributed by atoms with E-state index in [0.29, 0.717) is 16.7 Å². The van der Waals surface area contributed by atoms with Gasteiger partial charge in [-0.15, -0.1) is 11.3 Å². The SMILES string of the molecule is Clc1ccc(OCCNCc2cccs2)cc1Cl. The Bertz CT molecular complexity index is 488. The second-order valence-corrected chi connectivity index (χ2v) is 5.53. The van der Waals surface area contributed by atoms with Crippen molar-refractivity contribution in [2.24, 2.45) is 0 Å². The van der Waals surface area contributed by atoms with Gasteiger partial charge in [-0.05, 0) is 23.6 Å². The number of halogens is 2. The van der Waals surface area contributed by atoms with E-state index >= 15 is 0 Å². The summed E-state index contributed by atoms with van der Waals surface area (Å²) in [5.41, 5.74) is 0. The molecule has 0 radical (unpaired) electrons. The fourth-order valence-electron chi connectivity index (χ4n) is 1.43. The third-order valence-corrected chi connectivity index (χ3v) is 3.93. The molecule has 5 heteroatoms. The minimum Gasteiger partial charge on any atom is -0.492 e. The summed E-state index contributed by atoms with van der Waals surface area (Å²) in [7, 11) is 0. The van der Waals surface area contributed by atoms with Gasteiger partial charge in [0, 0.05) is 24.0 Å². The van der Waals surface area contributed by atoms with E-state index in [4.69, 9.17) is 27.9 Å². The topological polar surface area (TPSA) is 21.3 Å². The normalized spacial score (nSPS) is 10.6. The zero-order valence-corrected chi connectivity index (χ0v) is 12.0. The summed E-state index contributed by atoms with van der Waals surface area (Å²) in [5, 5.41) is 6.44. The Morgan fingerprint density at radius 1 is 1.17 bits per heavy atom. The van der Waals surface area contributed by atoms with Crippen molar-refractivity contribution in [2.45, 2.75) is 6.54 Å². The van der Waals surface area contributed by atoms with Gasteiger partial charge in [-0.2, -0.15) is 0 Å². The zero-order valence-electron chi connectivity index (χ0n) is 9.66. The second kappa shape index (κ2) is 7.00. The predicted octanol–water partition coefficient (Wildman–Crippen LogP) is 4.22. The molecule has 2 aromatic rings. The third-order valence-electron chi connectivity index (χ3n) is 2.32. The summed E-state index contributed by atoms with van der Waals surface area (Å²) in [5.74, 6) is 0.738. The Morgan fingerprint density at radius 3 is 2.78 bits per heavy atom. The minimum atomic E-state index is 0.515. The molecule has 0 atom stereocenters. The average molecular weight is 302 g/mol. The first-order valence-corrected chi connectivity index (χ1v) is 7.20. The average Bonchev–Trinajstić information content (AvgIpc) is 2.86. The van der Waals surface area contributed by atoms with Gasteiger partial charge in [0.15, 0.2) is 0 Å². The molecule has 0 fully saturated rings. The molecule has 0 amide bonds. The van der Waals surface area contributed by atoms with Crippen LogP contribution in [-0.2, 0) is 6.54 Å². The van der Waals surface area contributed by atoms with Crippen LogP contribution < -0.4 is 10.1 Å². The van der Waals surface area contributed by atoms with Crippen molar-refractivity contribution in [3.8, 4) is 5.75 Å². The minimum absolute atomic E-state index is 0.515. The lowest BCUT2D eigenvalue weighted by atomic mass is 10.3. The first-order valence-electron chi connectivity index (χ1n) is 5.56. The van der Waals surface area contributed by atoms with Gasteiger partial charge >= 0.3 is 0 Å². The predicted molar refractivity (Wildman–Crippen MR) is 78.0 cm³/mol. The van der Waals surface area contributed by atoms with Gasteiger partial charge in [0.05, 0.1) is 10.0 Å². The second-order valence-electron chi connectivity index (χ2n) is 3.68. The van der Waals surface area contributed by atoms with E-state index in [2.05, 4.69) is 16.8 Å². The molecule has 0 bridgehead atoms. The van der Waals surface area contributed by atoms with Crippen LogP contribution in [0.1, 0.15) is 4.88 Å². The maximum atomic E-state index is 5.90. The Kier molecular flexibility index (Phi) is 5.32. The van der Waals surface area contributed by atoms with Crippen LogP contribution in [-0.4, -0.2) is 13.2 Å². The van der Waals surface area contributed by atoms with Gasteiger partial charge in [0.25, 0.3) is 0 Å². The molecule has 1 aromatic heterocycles. The molecule has 0 saturated carbocycles. The molecule has 2 rings (SSSR count). The van der Waals surface area contributed by atoms with E-state index in [1.54, 1.807) is 23.5 Å².